The third-order valence-corrected chi connectivity index (χ3v) is 2.35. The van der Waals surface area contributed by atoms with Crippen molar-refractivity contribution in [1.29, 1.82) is 0 Å². The van der Waals surface area contributed by atoms with Crippen LogP contribution >= 0.6 is 0 Å². The molecule has 116 valence electrons. The third-order valence-electron chi connectivity index (χ3n) is 2.35. The summed E-state index contributed by atoms with van der Waals surface area (Å²) in [5, 5.41) is 0. The second-order valence-electron chi connectivity index (χ2n) is 4.14. The predicted octanol–water partition coefficient (Wildman–Crippen LogP) is 0.583. The number of ether oxygens (including phenoxy) is 3. The largest absolute Gasteiger partial charge is 0.466 e. The van der Waals surface area contributed by atoms with E-state index in [1.165, 1.54) is 6.92 Å². The summed E-state index contributed by atoms with van der Waals surface area (Å²) in [5.74, 6) is -4.48. The first-order valence-corrected chi connectivity index (χ1v) is 5.99. The van der Waals surface area contributed by atoms with Crippen molar-refractivity contribution in [3.8, 4) is 0 Å². The van der Waals surface area contributed by atoms with Gasteiger partial charge in [-0.2, -0.15) is 0 Å². The Hall–Kier alpha value is -2.44. The molecule has 0 aliphatic carbocycles. The molecule has 7 heteroatoms. The van der Waals surface area contributed by atoms with Crippen LogP contribution in [0, 0.1) is 5.92 Å². The maximum Gasteiger partial charge on any atom is 0.334 e. The molecule has 0 rings (SSSR count). The topological polar surface area (TPSA) is 96.0 Å². The van der Waals surface area contributed by atoms with Gasteiger partial charge in [0.05, 0.1) is 12.7 Å². The molecule has 0 amide bonds. The average molecular weight is 298 g/mol. The molecule has 0 bridgehead atoms. The number of Topliss-reactive ketones (excluding diaryl/α,β-unsaturated/α-hetero) is 1. The Kier molecular flexibility index (Phi) is 7.67. The zero-order chi connectivity index (χ0) is 16.6. The van der Waals surface area contributed by atoms with Gasteiger partial charge in [0.1, 0.15) is 24.9 Å². The van der Waals surface area contributed by atoms with Crippen LogP contribution in [0.5, 0.6) is 0 Å². The lowest BCUT2D eigenvalue weighted by molar-refractivity contribution is -0.156. The maximum atomic E-state index is 11.8. The minimum Gasteiger partial charge on any atom is -0.466 e. The van der Waals surface area contributed by atoms with Crippen LogP contribution in [0.3, 0.4) is 0 Å². The van der Waals surface area contributed by atoms with Crippen LogP contribution in [0.4, 0.5) is 0 Å². The molecule has 1 atom stereocenters. The first-order valence-electron chi connectivity index (χ1n) is 5.99. The van der Waals surface area contributed by atoms with E-state index < -0.39 is 29.6 Å². The van der Waals surface area contributed by atoms with Crippen LogP contribution in [0.15, 0.2) is 24.3 Å². The summed E-state index contributed by atoms with van der Waals surface area (Å²) in [6.45, 7) is 8.89. The van der Waals surface area contributed by atoms with Gasteiger partial charge in [-0.3, -0.25) is 9.59 Å². The van der Waals surface area contributed by atoms with Crippen LogP contribution in [-0.2, 0) is 33.4 Å². The SMILES string of the molecule is C=C(C)C(=O)OCCOC(=O)C(C(=C)C(=O)OC)C(C)=O. The predicted molar refractivity (Wildman–Crippen MR) is 72.1 cm³/mol. The molecule has 7 nitrogen and oxygen atoms in total. The summed E-state index contributed by atoms with van der Waals surface area (Å²) >= 11 is 0. The van der Waals surface area contributed by atoms with E-state index in [1.807, 2.05) is 0 Å². The van der Waals surface area contributed by atoms with E-state index in [4.69, 9.17) is 9.47 Å². The summed E-state index contributed by atoms with van der Waals surface area (Å²) in [6, 6.07) is 0. The van der Waals surface area contributed by atoms with E-state index >= 15 is 0 Å². The van der Waals surface area contributed by atoms with Gasteiger partial charge in [0.25, 0.3) is 0 Å². The molecule has 0 fully saturated rings. The monoisotopic (exact) mass is 298 g/mol. The van der Waals surface area contributed by atoms with Crippen LogP contribution in [-0.4, -0.2) is 44.0 Å². The smallest absolute Gasteiger partial charge is 0.334 e. The molecule has 0 aromatic carbocycles. The van der Waals surface area contributed by atoms with E-state index in [1.54, 1.807) is 0 Å². The number of rotatable bonds is 8. The summed E-state index contributed by atoms with van der Waals surface area (Å²) in [7, 11) is 1.10. The first-order chi connectivity index (χ1) is 9.72. The molecule has 21 heavy (non-hydrogen) atoms. The molecule has 0 spiro atoms. The Morgan fingerprint density at radius 2 is 1.48 bits per heavy atom. The van der Waals surface area contributed by atoms with Crippen molar-refractivity contribution in [2.24, 2.45) is 5.92 Å². The number of methoxy groups -OCH3 is 1. The highest BCUT2D eigenvalue weighted by Gasteiger charge is 2.32. The highest BCUT2D eigenvalue weighted by atomic mass is 16.6. The highest BCUT2D eigenvalue weighted by Crippen LogP contribution is 2.14. The van der Waals surface area contributed by atoms with E-state index in [0.717, 1.165) is 14.0 Å². The van der Waals surface area contributed by atoms with E-state index in [0.29, 0.717) is 0 Å². The van der Waals surface area contributed by atoms with Gasteiger partial charge in [0.2, 0.25) is 0 Å². The number of ketones is 1. The molecule has 0 aliphatic heterocycles. The molecule has 0 radical (unpaired) electrons. The molecule has 0 aromatic rings. The number of carbonyl (C=O) groups excluding carboxylic acids is 4. The fraction of sp³-hybridized carbons (Fsp3) is 0.429. The Bertz CT molecular complexity index is 476. The van der Waals surface area contributed by atoms with E-state index in [2.05, 4.69) is 17.9 Å². The van der Waals surface area contributed by atoms with Crippen LogP contribution < -0.4 is 0 Å². The Morgan fingerprint density at radius 1 is 0.952 bits per heavy atom. The second-order valence-corrected chi connectivity index (χ2v) is 4.14. The fourth-order valence-electron chi connectivity index (χ4n) is 1.29. The summed E-state index contributed by atoms with van der Waals surface area (Å²) in [4.78, 5) is 45.5. The summed E-state index contributed by atoms with van der Waals surface area (Å²) in [6.07, 6.45) is 0. The third kappa shape index (κ3) is 6.03. The Labute approximate surface area is 122 Å². The molecule has 0 N–H and O–H groups in total. The van der Waals surface area contributed by atoms with Gasteiger partial charge in [-0.05, 0) is 13.8 Å². The number of hydrogen-bond donors (Lipinski definition) is 0. The van der Waals surface area contributed by atoms with Gasteiger partial charge in [-0.1, -0.05) is 13.2 Å². The van der Waals surface area contributed by atoms with Gasteiger partial charge >= 0.3 is 17.9 Å². The van der Waals surface area contributed by atoms with E-state index in [9.17, 15) is 19.2 Å². The fourth-order valence-corrected chi connectivity index (χ4v) is 1.29. The first kappa shape index (κ1) is 18.6. The lowest BCUT2D eigenvalue weighted by atomic mass is 9.97. The molecule has 0 saturated heterocycles. The van der Waals surface area contributed by atoms with Crippen molar-refractivity contribution in [2.75, 3.05) is 20.3 Å². The zero-order valence-electron chi connectivity index (χ0n) is 12.3. The molecule has 0 saturated carbocycles. The minimum atomic E-state index is -1.44. The van der Waals surface area contributed by atoms with Gasteiger partial charge < -0.3 is 14.2 Å². The number of carbonyl (C=O) groups is 4. The zero-order valence-corrected chi connectivity index (χ0v) is 12.3. The molecular weight excluding hydrogens is 280 g/mol. The van der Waals surface area contributed by atoms with Crippen LogP contribution in [0.2, 0.25) is 0 Å². The van der Waals surface area contributed by atoms with Gasteiger partial charge in [0.15, 0.2) is 0 Å². The van der Waals surface area contributed by atoms with Gasteiger partial charge in [0, 0.05) is 5.57 Å². The van der Waals surface area contributed by atoms with Crippen molar-refractivity contribution < 1.29 is 33.4 Å². The normalized spacial score (nSPS) is 11.0. The van der Waals surface area contributed by atoms with Crippen molar-refractivity contribution >= 4 is 23.7 Å². The Balaban J connectivity index is 4.49. The lowest BCUT2D eigenvalue weighted by Gasteiger charge is -2.14. The molecule has 1 unspecified atom stereocenters. The second kappa shape index (κ2) is 8.68. The molecule has 0 aliphatic rings. The van der Waals surface area contributed by atoms with Crippen LogP contribution in [0.1, 0.15) is 13.8 Å². The van der Waals surface area contributed by atoms with Gasteiger partial charge in [-0.15, -0.1) is 0 Å². The van der Waals surface area contributed by atoms with Crippen LogP contribution in [0.25, 0.3) is 0 Å². The number of esters is 3. The van der Waals surface area contributed by atoms with Crippen molar-refractivity contribution in [3.63, 3.8) is 0 Å². The standard InChI is InChI=1S/C14H18O7/c1-8(2)12(16)20-6-7-21-14(18)11(10(4)15)9(3)13(17)19-5/h11H,1,3,6-7H2,2,4-5H3. The summed E-state index contributed by atoms with van der Waals surface area (Å²) < 4.78 is 13.9. The van der Waals surface area contributed by atoms with Crippen molar-refractivity contribution in [1.82, 2.24) is 0 Å². The van der Waals surface area contributed by atoms with Crippen molar-refractivity contribution in [2.45, 2.75) is 13.8 Å². The number of hydrogen-bond acceptors (Lipinski definition) is 7. The highest BCUT2D eigenvalue weighted by molar-refractivity contribution is 6.08. The summed E-state index contributed by atoms with van der Waals surface area (Å²) in [5.41, 5.74) is -0.101. The lowest BCUT2D eigenvalue weighted by Crippen LogP contribution is -2.30. The maximum absolute atomic E-state index is 11.8. The molecule has 0 aromatic heterocycles. The van der Waals surface area contributed by atoms with Crippen molar-refractivity contribution in [3.05, 3.63) is 24.3 Å². The van der Waals surface area contributed by atoms with Gasteiger partial charge in [-0.25, -0.2) is 9.59 Å². The minimum absolute atomic E-state index is 0.188. The molecular formula is C14H18O7. The van der Waals surface area contributed by atoms with E-state index in [-0.39, 0.29) is 24.4 Å². The molecule has 0 heterocycles. The average Bonchev–Trinajstić information content (AvgIpc) is 2.41. The Morgan fingerprint density at radius 3 is 1.90 bits per heavy atom. The quantitative estimate of drug-likeness (QED) is 0.213.